The number of carbonyl (C=O) groups is 1. The van der Waals surface area contributed by atoms with Crippen LogP contribution >= 0.6 is 11.3 Å². The highest BCUT2D eigenvalue weighted by atomic mass is 32.1. The third-order valence-corrected chi connectivity index (χ3v) is 5.72. The van der Waals surface area contributed by atoms with Gasteiger partial charge in [-0.05, 0) is 23.8 Å². The van der Waals surface area contributed by atoms with Gasteiger partial charge in [0.1, 0.15) is 13.2 Å². The van der Waals surface area contributed by atoms with Gasteiger partial charge in [0, 0.05) is 24.8 Å². The second-order valence-electron chi connectivity index (χ2n) is 6.64. The van der Waals surface area contributed by atoms with E-state index in [0.29, 0.717) is 47.6 Å². The molecule has 0 N–H and O–H groups in total. The van der Waals surface area contributed by atoms with E-state index in [1.165, 1.54) is 17.4 Å². The standard InChI is InChI=1S/C22H18N2O5S/c1-2-7-24-15-11-18-19(27-9-8-26-18)12-20(15)30-22(24)23-21(25)6-4-14-3-5-16-17(10-14)29-13-28-16/h2-6,10-12H,1,7-9,13H2/b6-4-,23-22?. The summed E-state index contributed by atoms with van der Waals surface area (Å²) in [6.45, 7) is 5.60. The molecule has 2 aromatic carbocycles. The highest BCUT2D eigenvalue weighted by Gasteiger charge is 2.16. The maximum atomic E-state index is 12.5. The van der Waals surface area contributed by atoms with Crippen molar-refractivity contribution >= 4 is 33.5 Å². The van der Waals surface area contributed by atoms with Crippen LogP contribution in [0.2, 0.25) is 0 Å². The topological polar surface area (TPSA) is 71.3 Å². The summed E-state index contributed by atoms with van der Waals surface area (Å²) in [5.41, 5.74) is 1.76. The lowest BCUT2D eigenvalue weighted by molar-refractivity contribution is -0.113. The summed E-state index contributed by atoms with van der Waals surface area (Å²) in [5.74, 6) is 2.43. The Morgan fingerprint density at radius 1 is 1.07 bits per heavy atom. The Kier molecular flexibility index (Phi) is 4.76. The number of fused-ring (bicyclic) bond motifs is 3. The molecule has 1 amide bonds. The molecule has 1 aromatic heterocycles. The lowest BCUT2D eigenvalue weighted by atomic mass is 10.2. The van der Waals surface area contributed by atoms with Gasteiger partial charge in [0.25, 0.3) is 5.91 Å². The van der Waals surface area contributed by atoms with E-state index < -0.39 is 0 Å². The van der Waals surface area contributed by atoms with Crippen molar-refractivity contribution in [3.63, 3.8) is 0 Å². The first-order valence-corrected chi connectivity index (χ1v) is 10.2. The summed E-state index contributed by atoms with van der Waals surface area (Å²) in [5, 5.41) is 0. The Hall–Kier alpha value is -3.52. The lowest BCUT2D eigenvalue weighted by Crippen LogP contribution is -2.17. The molecule has 0 aliphatic carbocycles. The molecule has 0 saturated heterocycles. The van der Waals surface area contributed by atoms with Crippen LogP contribution in [0.25, 0.3) is 16.3 Å². The van der Waals surface area contributed by atoms with E-state index in [4.69, 9.17) is 18.9 Å². The molecule has 30 heavy (non-hydrogen) atoms. The molecule has 7 nitrogen and oxygen atoms in total. The molecule has 0 saturated carbocycles. The van der Waals surface area contributed by atoms with E-state index in [9.17, 15) is 4.79 Å². The van der Waals surface area contributed by atoms with Crippen molar-refractivity contribution in [1.82, 2.24) is 4.57 Å². The summed E-state index contributed by atoms with van der Waals surface area (Å²) < 4.78 is 24.9. The van der Waals surface area contributed by atoms with Crippen molar-refractivity contribution < 1.29 is 23.7 Å². The summed E-state index contributed by atoms with van der Waals surface area (Å²) >= 11 is 1.42. The van der Waals surface area contributed by atoms with Gasteiger partial charge in [0.2, 0.25) is 6.79 Å². The maximum Gasteiger partial charge on any atom is 0.272 e. The second kappa shape index (κ2) is 7.72. The van der Waals surface area contributed by atoms with Crippen LogP contribution in [-0.4, -0.2) is 30.5 Å². The number of allylic oxidation sites excluding steroid dienone is 1. The van der Waals surface area contributed by atoms with Crippen molar-refractivity contribution in [2.75, 3.05) is 20.0 Å². The minimum Gasteiger partial charge on any atom is -0.486 e. The fourth-order valence-electron chi connectivity index (χ4n) is 3.31. The van der Waals surface area contributed by atoms with Crippen molar-refractivity contribution in [3.8, 4) is 23.0 Å². The SMILES string of the molecule is C=CCn1c(=NC(=O)/C=C\c2ccc3c(c2)OCO3)sc2cc3c(cc21)OCCO3. The molecule has 2 aliphatic rings. The first-order chi connectivity index (χ1) is 14.7. The normalized spacial score (nSPS) is 15.1. The predicted molar refractivity (Wildman–Crippen MR) is 113 cm³/mol. The first kappa shape index (κ1) is 18.5. The maximum absolute atomic E-state index is 12.5. The third kappa shape index (κ3) is 3.46. The van der Waals surface area contributed by atoms with E-state index in [1.807, 2.05) is 34.9 Å². The monoisotopic (exact) mass is 422 g/mol. The highest BCUT2D eigenvalue weighted by molar-refractivity contribution is 7.16. The van der Waals surface area contributed by atoms with Crippen molar-refractivity contribution in [1.29, 1.82) is 0 Å². The molecule has 0 radical (unpaired) electrons. The van der Waals surface area contributed by atoms with Gasteiger partial charge in [-0.3, -0.25) is 4.79 Å². The summed E-state index contributed by atoms with van der Waals surface area (Å²) in [4.78, 5) is 17.4. The molecule has 0 spiro atoms. The van der Waals surface area contributed by atoms with Crippen LogP contribution in [0.3, 0.4) is 0 Å². The number of hydrogen-bond acceptors (Lipinski definition) is 6. The second-order valence-corrected chi connectivity index (χ2v) is 7.65. The molecule has 3 aromatic rings. The van der Waals surface area contributed by atoms with Crippen LogP contribution in [0, 0.1) is 0 Å². The number of ether oxygens (including phenoxy) is 4. The molecule has 0 atom stereocenters. The van der Waals surface area contributed by atoms with Crippen LogP contribution in [0.1, 0.15) is 5.56 Å². The van der Waals surface area contributed by atoms with Gasteiger partial charge < -0.3 is 23.5 Å². The van der Waals surface area contributed by atoms with Crippen molar-refractivity contribution in [2.45, 2.75) is 6.54 Å². The van der Waals surface area contributed by atoms with E-state index in [-0.39, 0.29) is 12.7 Å². The minimum atomic E-state index is -0.353. The number of carbonyl (C=O) groups excluding carboxylic acids is 1. The molecule has 3 heterocycles. The van der Waals surface area contributed by atoms with Crippen LogP contribution in [0.4, 0.5) is 0 Å². The van der Waals surface area contributed by atoms with Gasteiger partial charge in [0.15, 0.2) is 27.8 Å². The van der Waals surface area contributed by atoms with Gasteiger partial charge in [-0.1, -0.05) is 23.5 Å². The quantitative estimate of drug-likeness (QED) is 0.475. The first-order valence-electron chi connectivity index (χ1n) is 9.41. The van der Waals surface area contributed by atoms with E-state index >= 15 is 0 Å². The Balaban J connectivity index is 1.48. The van der Waals surface area contributed by atoms with Gasteiger partial charge in [0.05, 0.1) is 10.2 Å². The van der Waals surface area contributed by atoms with Crippen LogP contribution in [0.5, 0.6) is 23.0 Å². The lowest BCUT2D eigenvalue weighted by Gasteiger charge is -2.18. The minimum absolute atomic E-state index is 0.214. The van der Waals surface area contributed by atoms with E-state index in [0.717, 1.165) is 15.8 Å². The van der Waals surface area contributed by atoms with Gasteiger partial charge in [-0.25, -0.2) is 0 Å². The van der Waals surface area contributed by atoms with Crippen LogP contribution in [0.15, 0.2) is 54.1 Å². The summed E-state index contributed by atoms with van der Waals surface area (Å²) in [6.07, 6.45) is 4.92. The molecule has 8 heteroatoms. The third-order valence-electron chi connectivity index (χ3n) is 4.68. The fourth-order valence-corrected chi connectivity index (χ4v) is 4.37. The van der Waals surface area contributed by atoms with E-state index in [2.05, 4.69) is 11.6 Å². The van der Waals surface area contributed by atoms with Crippen LogP contribution < -0.4 is 23.7 Å². The number of aromatic nitrogens is 1. The van der Waals surface area contributed by atoms with Crippen LogP contribution in [-0.2, 0) is 11.3 Å². The van der Waals surface area contributed by atoms with Gasteiger partial charge >= 0.3 is 0 Å². The Morgan fingerprint density at radius 3 is 2.67 bits per heavy atom. The Morgan fingerprint density at radius 2 is 1.83 bits per heavy atom. The highest BCUT2D eigenvalue weighted by Crippen LogP contribution is 2.35. The van der Waals surface area contributed by atoms with Gasteiger partial charge in [-0.15, -0.1) is 6.58 Å². The summed E-state index contributed by atoms with van der Waals surface area (Å²) in [6, 6.07) is 9.36. The van der Waals surface area contributed by atoms with Crippen molar-refractivity contribution in [2.24, 2.45) is 4.99 Å². The number of amides is 1. The zero-order valence-corrected chi connectivity index (χ0v) is 16.8. The molecule has 0 unspecified atom stereocenters. The zero-order valence-electron chi connectivity index (χ0n) is 16.0. The number of rotatable bonds is 4. The molecule has 152 valence electrons. The number of hydrogen-bond donors (Lipinski definition) is 0. The average molecular weight is 422 g/mol. The Bertz CT molecular complexity index is 1250. The number of thiazole rings is 1. The fraction of sp³-hybridized carbons (Fsp3) is 0.182. The van der Waals surface area contributed by atoms with E-state index in [1.54, 1.807) is 12.2 Å². The Labute approximate surface area is 176 Å². The molecular weight excluding hydrogens is 404 g/mol. The molecule has 5 rings (SSSR count). The number of benzene rings is 2. The zero-order chi connectivity index (χ0) is 20.5. The largest absolute Gasteiger partial charge is 0.486 e. The average Bonchev–Trinajstić information content (AvgIpc) is 3.35. The molecule has 0 bridgehead atoms. The van der Waals surface area contributed by atoms with Gasteiger partial charge in [-0.2, -0.15) is 4.99 Å². The number of nitrogens with zero attached hydrogens (tertiary/aromatic N) is 2. The smallest absolute Gasteiger partial charge is 0.272 e. The summed E-state index contributed by atoms with van der Waals surface area (Å²) in [7, 11) is 0. The predicted octanol–water partition coefficient (Wildman–Crippen LogP) is 3.53. The molecule has 0 fully saturated rings. The molecule has 2 aliphatic heterocycles. The molecular formula is C22H18N2O5S. The van der Waals surface area contributed by atoms with Crippen molar-refractivity contribution in [3.05, 3.63) is 59.4 Å².